The molecule has 3 aliphatic heterocycles. The Bertz CT molecular complexity index is 1110. The number of anilines is 1. The summed E-state index contributed by atoms with van der Waals surface area (Å²) in [6.07, 6.45) is 6.21. The lowest BCUT2D eigenvalue weighted by molar-refractivity contribution is -0.131. The molecule has 2 saturated heterocycles. The summed E-state index contributed by atoms with van der Waals surface area (Å²) in [6, 6.07) is 4.17. The van der Waals surface area contributed by atoms with Crippen molar-refractivity contribution in [1.82, 2.24) is 19.8 Å². The molecule has 0 saturated carbocycles. The predicted octanol–water partition coefficient (Wildman–Crippen LogP) is 1.84. The molecule has 2 amide bonds. The molecule has 3 N–H and O–H groups in total. The van der Waals surface area contributed by atoms with Gasteiger partial charge >= 0.3 is 0 Å². The van der Waals surface area contributed by atoms with Gasteiger partial charge in [0.15, 0.2) is 0 Å². The first-order chi connectivity index (χ1) is 17.3. The van der Waals surface area contributed by atoms with Gasteiger partial charge in [-0.15, -0.1) is 0 Å². The Labute approximate surface area is 214 Å². The van der Waals surface area contributed by atoms with E-state index in [-0.39, 0.29) is 30.3 Å². The van der Waals surface area contributed by atoms with Crippen molar-refractivity contribution >= 4 is 27.5 Å². The highest BCUT2D eigenvalue weighted by atomic mass is 32.2. The Morgan fingerprint density at radius 3 is 2.69 bits per heavy atom. The molecule has 36 heavy (non-hydrogen) atoms. The SMILES string of the molecule is C=CC(=C)N1CCC(CCNC(=O)C[C@@H]2C(=O)NCCN2S(=O)(=O)c2cccc3c2NCCC3)CC1. The highest BCUT2D eigenvalue weighted by Gasteiger charge is 2.41. The van der Waals surface area contributed by atoms with Crippen molar-refractivity contribution in [2.45, 2.75) is 49.5 Å². The van der Waals surface area contributed by atoms with Gasteiger partial charge in [-0.2, -0.15) is 4.31 Å². The van der Waals surface area contributed by atoms with E-state index in [1.807, 2.05) is 6.07 Å². The summed E-state index contributed by atoms with van der Waals surface area (Å²) in [7, 11) is -3.97. The molecule has 0 unspecified atom stereocenters. The minimum absolute atomic E-state index is 0.129. The van der Waals surface area contributed by atoms with Crippen LogP contribution in [0.2, 0.25) is 0 Å². The number of allylic oxidation sites excluding steroid dienone is 1. The second-order valence-electron chi connectivity index (χ2n) is 9.71. The fourth-order valence-electron chi connectivity index (χ4n) is 5.30. The molecule has 3 heterocycles. The maximum absolute atomic E-state index is 13.7. The van der Waals surface area contributed by atoms with Crippen LogP contribution in [-0.4, -0.2) is 74.7 Å². The normalized spacial score (nSPS) is 21.2. The first kappa shape index (κ1) is 26.2. The third-order valence-corrected chi connectivity index (χ3v) is 9.37. The molecule has 0 spiro atoms. The quantitative estimate of drug-likeness (QED) is 0.433. The number of hydrogen-bond acceptors (Lipinski definition) is 6. The Morgan fingerprint density at radius 2 is 1.94 bits per heavy atom. The van der Waals surface area contributed by atoms with E-state index in [1.165, 1.54) is 4.31 Å². The molecule has 9 nitrogen and oxygen atoms in total. The van der Waals surface area contributed by atoms with Crippen LogP contribution in [0.15, 0.2) is 48.0 Å². The molecular weight excluding hydrogens is 478 g/mol. The summed E-state index contributed by atoms with van der Waals surface area (Å²) < 4.78 is 28.5. The second-order valence-corrected chi connectivity index (χ2v) is 11.6. The van der Waals surface area contributed by atoms with Crippen LogP contribution in [-0.2, 0) is 26.0 Å². The molecule has 1 aromatic rings. The van der Waals surface area contributed by atoms with Crippen molar-refractivity contribution in [3.63, 3.8) is 0 Å². The fraction of sp³-hybridized carbons (Fsp3) is 0.538. The monoisotopic (exact) mass is 515 g/mol. The number of fused-ring (bicyclic) bond motifs is 1. The Balaban J connectivity index is 1.36. The number of carbonyl (C=O) groups is 2. The van der Waals surface area contributed by atoms with Gasteiger partial charge in [0.05, 0.1) is 12.1 Å². The van der Waals surface area contributed by atoms with Crippen molar-refractivity contribution in [3.05, 3.63) is 48.7 Å². The highest BCUT2D eigenvalue weighted by Crippen LogP contribution is 2.33. The minimum atomic E-state index is -3.97. The number of benzene rings is 1. The molecule has 4 rings (SSSR count). The zero-order valence-electron chi connectivity index (χ0n) is 20.8. The van der Waals surface area contributed by atoms with Gasteiger partial charge in [0.1, 0.15) is 10.9 Å². The van der Waals surface area contributed by atoms with E-state index >= 15 is 0 Å². The number of sulfonamides is 1. The van der Waals surface area contributed by atoms with E-state index in [0.29, 0.717) is 24.7 Å². The molecule has 0 bridgehead atoms. The van der Waals surface area contributed by atoms with Crippen LogP contribution in [0.4, 0.5) is 5.69 Å². The lowest BCUT2D eigenvalue weighted by Crippen LogP contribution is -2.58. The third kappa shape index (κ3) is 5.75. The summed E-state index contributed by atoms with van der Waals surface area (Å²) in [5.74, 6) is -0.249. The van der Waals surface area contributed by atoms with E-state index in [9.17, 15) is 18.0 Å². The van der Waals surface area contributed by atoms with Crippen LogP contribution < -0.4 is 16.0 Å². The number of para-hydroxylation sites is 1. The van der Waals surface area contributed by atoms with Crippen LogP contribution >= 0.6 is 0 Å². The van der Waals surface area contributed by atoms with Crippen LogP contribution in [0.3, 0.4) is 0 Å². The lowest BCUT2D eigenvalue weighted by Gasteiger charge is -2.35. The number of amides is 2. The van der Waals surface area contributed by atoms with Crippen molar-refractivity contribution in [2.75, 3.05) is 44.6 Å². The summed E-state index contributed by atoms with van der Waals surface area (Å²) in [6.45, 7) is 11.2. The van der Waals surface area contributed by atoms with Gasteiger partial charge in [-0.25, -0.2) is 8.42 Å². The van der Waals surface area contributed by atoms with Crippen molar-refractivity contribution < 1.29 is 18.0 Å². The summed E-state index contributed by atoms with van der Waals surface area (Å²) >= 11 is 0. The summed E-state index contributed by atoms with van der Waals surface area (Å²) in [5.41, 5.74) is 2.51. The van der Waals surface area contributed by atoms with Gasteiger partial charge in [0.2, 0.25) is 21.8 Å². The van der Waals surface area contributed by atoms with Gasteiger partial charge in [0.25, 0.3) is 0 Å². The molecule has 1 atom stereocenters. The maximum Gasteiger partial charge on any atom is 0.245 e. The van der Waals surface area contributed by atoms with Crippen LogP contribution in [0.1, 0.15) is 37.7 Å². The molecule has 10 heteroatoms. The molecular formula is C26H37N5O4S. The first-order valence-corrected chi connectivity index (χ1v) is 14.2. The maximum atomic E-state index is 13.7. The van der Waals surface area contributed by atoms with E-state index < -0.39 is 22.0 Å². The van der Waals surface area contributed by atoms with E-state index in [1.54, 1.807) is 18.2 Å². The molecule has 3 aliphatic rings. The predicted molar refractivity (Wildman–Crippen MR) is 140 cm³/mol. The Morgan fingerprint density at radius 1 is 1.17 bits per heavy atom. The smallest absolute Gasteiger partial charge is 0.245 e. The number of hydrogen-bond donors (Lipinski definition) is 3. The summed E-state index contributed by atoms with van der Waals surface area (Å²) in [4.78, 5) is 27.9. The van der Waals surface area contributed by atoms with Crippen LogP contribution in [0.5, 0.6) is 0 Å². The molecule has 1 aromatic carbocycles. The average Bonchev–Trinajstić information content (AvgIpc) is 2.89. The van der Waals surface area contributed by atoms with E-state index in [0.717, 1.165) is 56.5 Å². The number of piperazine rings is 1. The minimum Gasteiger partial charge on any atom is -0.384 e. The second kappa shape index (κ2) is 11.5. The standard InChI is InChI=1S/C26H37N5O4S/c1-3-19(2)30-15-10-20(11-16-30)9-13-27-24(32)18-22-26(33)29-14-17-31(22)36(34,35)23-8-4-6-21-7-5-12-28-25(21)23/h3-4,6,8,20,22,28H,1-2,5,7,9-18H2,(H,27,32)(H,29,33)/t22-/m1/s1. The average molecular weight is 516 g/mol. The van der Waals surface area contributed by atoms with E-state index in [2.05, 4.69) is 34.0 Å². The fourth-order valence-corrected chi connectivity index (χ4v) is 7.10. The van der Waals surface area contributed by atoms with E-state index in [4.69, 9.17) is 0 Å². The number of likely N-dealkylation sites (tertiary alicyclic amines) is 1. The van der Waals surface area contributed by atoms with Gasteiger partial charge in [-0.1, -0.05) is 25.3 Å². The molecule has 2 fully saturated rings. The van der Waals surface area contributed by atoms with Gasteiger partial charge in [-0.05, 0) is 55.7 Å². The number of aryl methyl sites for hydroxylation is 1. The Hall–Kier alpha value is -2.85. The number of carbonyl (C=O) groups excluding carboxylic acids is 2. The topological polar surface area (TPSA) is 111 Å². The molecule has 0 aliphatic carbocycles. The largest absolute Gasteiger partial charge is 0.384 e. The number of nitrogens with zero attached hydrogens (tertiary/aromatic N) is 2. The van der Waals surface area contributed by atoms with Gasteiger partial charge in [-0.3, -0.25) is 9.59 Å². The zero-order chi connectivity index (χ0) is 25.7. The summed E-state index contributed by atoms with van der Waals surface area (Å²) in [5, 5.41) is 8.84. The van der Waals surface area contributed by atoms with Gasteiger partial charge in [0, 0.05) is 45.0 Å². The number of piperidine rings is 1. The first-order valence-electron chi connectivity index (χ1n) is 12.8. The Kier molecular flexibility index (Phi) is 8.35. The molecule has 196 valence electrons. The molecule has 0 aromatic heterocycles. The van der Waals surface area contributed by atoms with Gasteiger partial charge < -0.3 is 20.9 Å². The molecule has 0 radical (unpaired) electrons. The van der Waals surface area contributed by atoms with Crippen LogP contribution in [0.25, 0.3) is 0 Å². The van der Waals surface area contributed by atoms with Crippen molar-refractivity contribution in [1.29, 1.82) is 0 Å². The highest BCUT2D eigenvalue weighted by molar-refractivity contribution is 7.89. The lowest BCUT2D eigenvalue weighted by atomic mass is 9.93. The van der Waals surface area contributed by atoms with Crippen molar-refractivity contribution in [3.8, 4) is 0 Å². The van der Waals surface area contributed by atoms with Crippen LogP contribution in [0, 0.1) is 5.92 Å². The number of rotatable bonds is 9. The number of nitrogens with one attached hydrogen (secondary N) is 3. The third-order valence-electron chi connectivity index (χ3n) is 7.42. The zero-order valence-corrected chi connectivity index (χ0v) is 21.6. The van der Waals surface area contributed by atoms with Crippen molar-refractivity contribution in [2.24, 2.45) is 5.92 Å².